The van der Waals surface area contributed by atoms with E-state index in [9.17, 15) is 18.4 Å². The molecule has 1 aromatic carbocycles. The largest absolute Gasteiger partial charge is 0.312 e. The third-order valence-electron chi connectivity index (χ3n) is 3.46. The predicted octanol–water partition coefficient (Wildman–Crippen LogP) is 2.03. The summed E-state index contributed by atoms with van der Waals surface area (Å²) in [5, 5.41) is 2.18. The molecule has 2 heterocycles. The minimum Gasteiger partial charge on any atom is -0.312 e. The van der Waals surface area contributed by atoms with Gasteiger partial charge >= 0.3 is 0 Å². The molecule has 0 radical (unpaired) electrons. The van der Waals surface area contributed by atoms with E-state index in [4.69, 9.17) is 11.6 Å². The number of imidazole rings is 1. The van der Waals surface area contributed by atoms with Crippen LogP contribution in [0.3, 0.4) is 0 Å². The van der Waals surface area contributed by atoms with Gasteiger partial charge in [0.1, 0.15) is 17.4 Å². The summed E-state index contributed by atoms with van der Waals surface area (Å²) >= 11 is 5.79. The highest BCUT2D eigenvalue weighted by Gasteiger charge is 2.32. The van der Waals surface area contributed by atoms with Crippen molar-refractivity contribution in [3.05, 3.63) is 29.6 Å². The first-order chi connectivity index (χ1) is 10.0. The molecular weight excluding hydrogens is 304 g/mol. The molecular formula is C13H10ClF2N3O2. The van der Waals surface area contributed by atoms with Gasteiger partial charge in [0.05, 0.1) is 11.4 Å². The van der Waals surface area contributed by atoms with Crippen LogP contribution in [0.1, 0.15) is 24.7 Å². The molecule has 1 fully saturated rings. The maximum absolute atomic E-state index is 14.1. The lowest BCUT2D eigenvalue weighted by molar-refractivity contribution is -0.135. The minimum atomic E-state index is -1.08. The van der Waals surface area contributed by atoms with Crippen molar-refractivity contribution in [3.63, 3.8) is 0 Å². The number of piperidine rings is 1. The van der Waals surface area contributed by atoms with Gasteiger partial charge in [-0.15, -0.1) is 11.6 Å². The van der Waals surface area contributed by atoms with Crippen molar-refractivity contribution >= 4 is 34.4 Å². The molecule has 2 amide bonds. The smallest absolute Gasteiger partial charge is 0.249 e. The van der Waals surface area contributed by atoms with Gasteiger partial charge < -0.3 is 4.57 Å². The number of aromatic nitrogens is 2. The van der Waals surface area contributed by atoms with Crippen LogP contribution in [0.15, 0.2) is 12.1 Å². The van der Waals surface area contributed by atoms with E-state index in [1.54, 1.807) is 0 Å². The number of fused-ring (bicyclic) bond motifs is 1. The molecule has 2 aromatic rings. The molecule has 3 rings (SSSR count). The summed E-state index contributed by atoms with van der Waals surface area (Å²) in [4.78, 5) is 27.3. The quantitative estimate of drug-likeness (QED) is 0.681. The summed E-state index contributed by atoms with van der Waals surface area (Å²) in [7, 11) is 0. The topological polar surface area (TPSA) is 64.0 Å². The number of nitrogens with zero attached hydrogens (tertiary/aromatic N) is 2. The Morgan fingerprint density at radius 3 is 2.81 bits per heavy atom. The summed E-state index contributed by atoms with van der Waals surface area (Å²) in [5.74, 6) is -2.88. The van der Waals surface area contributed by atoms with Crippen LogP contribution in [-0.4, -0.2) is 21.4 Å². The third kappa shape index (κ3) is 2.17. The zero-order valence-electron chi connectivity index (χ0n) is 10.7. The predicted molar refractivity (Wildman–Crippen MR) is 70.6 cm³/mol. The van der Waals surface area contributed by atoms with Crippen LogP contribution in [-0.2, 0) is 15.5 Å². The Hall–Kier alpha value is -2.02. The monoisotopic (exact) mass is 313 g/mol. The number of hydrogen-bond donors (Lipinski definition) is 1. The molecule has 1 aliphatic heterocycles. The van der Waals surface area contributed by atoms with Crippen molar-refractivity contribution in [1.29, 1.82) is 0 Å². The Morgan fingerprint density at radius 1 is 1.38 bits per heavy atom. The van der Waals surface area contributed by atoms with Gasteiger partial charge in [-0.1, -0.05) is 0 Å². The van der Waals surface area contributed by atoms with Crippen LogP contribution in [0, 0.1) is 11.6 Å². The summed E-state index contributed by atoms with van der Waals surface area (Å²) < 4.78 is 28.8. The molecule has 0 saturated carbocycles. The molecule has 0 aliphatic carbocycles. The minimum absolute atomic E-state index is 0.0620. The Balaban J connectivity index is 2.23. The molecule has 1 aliphatic rings. The van der Waals surface area contributed by atoms with Crippen LogP contribution in [0.5, 0.6) is 0 Å². The number of amides is 2. The summed E-state index contributed by atoms with van der Waals surface area (Å²) in [6.07, 6.45) is 0.310. The zero-order chi connectivity index (χ0) is 15.1. The molecule has 0 spiro atoms. The fourth-order valence-corrected chi connectivity index (χ4v) is 2.72. The fourth-order valence-electron chi connectivity index (χ4n) is 2.53. The molecule has 1 saturated heterocycles. The summed E-state index contributed by atoms with van der Waals surface area (Å²) in [6, 6.07) is 1.46. The average molecular weight is 314 g/mol. The number of benzene rings is 1. The third-order valence-corrected chi connectivity index (χ3v) is 3.70. The van der Waals surface area contributed by atoms with Gasteiger partial charge in [-0.3, -0.25) is 14.9 Å². The van der Waals surface area contributed by atoms with Gasteiger partial charge in [-0.05, 0) is 18.6 Å². The number of rotatable bonds is 2. The van der Waals surface area contributed by atoms with E-state index in [1.165, 1.54) is 10.6 Å². The lowest BCUT2D eigenvalue weighted by Gasteiger charge is -2.24. The van der Waals surface area contributed by atoms with E-state index in [-0.39, 0.29) is 41.5 Å². The normalized spacial score (nSPS) is 19.1. The molecule has 21 heavy (non-hydrogen) atoms. The molecule has 8 heteroatoms. The van der Waals surface area contributed by atoms with Crippen molar-refractivity contribution in [2.75, 3.05) is 0 Å². The maximum atomic E-state index is 14.1. The highest BCUT2D eigenvalue weighted by Crippen LogP contribution is 2.29. The van der Waals surface area contributed by atoms with Gasteiger partial charge in [-0.2, -0.15) is 0 Å². The van der Waals surface area contributed by atoms with Crippen molar-refractivity contribution in [2.24, 2.45) is 0 Å². The van der Waals surface area contributed by atoms with E-state index < -0.39 is 23.6 Å². The lowest BCUT2D eigenvalue weighted by Crippen LogP contribution is -2.42. The van der Waals surface area contributed by atoms with Crippen LogP contribution < -0.4 is 5.32 Å². The van der Waals surface area contributed by atoms with Crippen LogP contribution in [0.2, 0.25) is 0 Å². The lowest BCUT2D eigenvalue weighted by atomic mass is 10.1. The van der Waals surface area contributed by atoms with Gasteiger partial charge in [0, 0.05) is 6.42 Å². The molecule has 1 atom stereocenters. The number of hydrogen-bond acceptors (Lipinski definition) is 3. The molecule has 1 unspecified atom stereocenters. The fraction of sp³-hybridized carbons (Fsp3) is 0.308. The van der Waals surface area contributed by atoms with E-state index >= 15 is 0 Å². The first-order valence-corrected chi connectivity index (χ1v) is 6.81. The molecule has 1 N–H and O–H groups in total. The summed E-state index contributed by atoms with van der Waals surface area (Å²) in [6.45, 7) is 0. The molecule has 1 aromatic heterocycles. The number of carbonyl (C=O) groups is 2. The second-order valence-electron chi connectivity index (χ2n) is 4.73. The van der Waals surface area contributed by atoms with E-state index in [1.807, 2.05) is 0 Å². The van der Waals surface area contributed by atoms with Gasteiger partial charge in [0.15, 0.2) is 11.6 Å². The SMILES string of the molecule is O=C1CCC(n2c(CCl)nc3ccc(F)c(F)c32)C(=O)N1. The van der Waals surface area contributed by atoms with Crippen molar-refractivity contribution in [1.82, 2.24) is 14.9 Å². The second kappa shape index (κ2) is 5.07. The van der Waals surface area contributed by atoms with Crippen molar-refractivity contribution in [2.45, 2.75) is 24.8 Å². The Morgan fingerprint density at radius 2 is 2.14 bits per heavy atom. The highest BCUT2D eigenvalue weighted by atomic mass is 35.5. The van der Waals surface area contributed by atoms with E-state index in [2.05, 4.69) is 10.3 Å². The van der Waals surface area contributed by atoms with Crippen molar-refractivity contribution < 1.29 is 18.4 Å². The van der Waals surface area contributed by atoms with Crippen LogP contribution >= 0.6 is 11.6 Å². The second-order valence-corrected chi connectivity index (χ2v) is 4.99. The highest BCUT2D eigenvalue weighted by molar-refractivity contribution is 6.17. The van der Waals surface area contributed by atoms with Crippen LogP contribution in [0.4, 0.5) is 8.78 Å². The first kappa shape index (κ1) is 13.9. The standard InChI is InChI=1S/C13H10ClF2N3O2/c14-5-9-17-7-2-1-6(15)11(16)12(7)19(9)8-3-4-10(20)18-13(8)21/h1-2,8H,3-5H2,(H,18,20,21). The average Bonchev–Trinajstić information content (AvgIpc) is 2.82. The Kier molecular flexibility index (Phi) is 3.36. The number of carbonyl (C=O) groups excluding carboxylic acids is 2. The number of halogens is 3. The van der Waals surface area contributed by atoms with Crippen LogP contribution in [0.25, 0.3) is 11.0 Å². The van der Waals surface area contributed by atoms with E-state index in [0.29, 0.717) is 0 Å². The first-order valence-electron chi connectivity index (χ1n) is 6.27. The Bertz CT molecular complexity index is 759. The molecule has 110 valence electrons. The maximum Gasteiger partial charge on any atom is 0.249 e. The number of alkyl halides is 1. The molecule has 0 bridgehead atoms. The zero-order valence-corrected chi connectivity index (χ0v) is 11.5. The summed E-state index contributed by atoms with van der Waals surface area (Å²) in [5.41, 5.74) is 0.106. The molecule has 5 nitrogen and oxygen atoms in total. The Labute approximate surface area is 122 Å². The van der Waals surface area contributed by atoms with Gasteiger partial charge in [-0.25, -0.2) is 13.8 Å². The van der Waals surface area contributed by atoms with E-state index in [0.717, 1.165) is 6.07 Å². The number of nitrogens with one attached hydrogen (secondary N) is 1. The van der Waals surface area contributed by atoms with Gasteiger partial charge in [0.2, 0.25) is 11.8 Å². The van der Waals surface area contributed by atoms with Crippen molar-refractivity contribution in [3.8, 4) is 0 Å². The van der Waals surface area contributed by atoms with Gasteiger partial charge in [0.25, 0.3) is 0 Å². The number of imide groups is 1.